The third-order valence-electron chi connectivity index (χ3n) is 3.36. The van der Waals surface area contributed by atoms with Gasteiger partial charge in [0.2, 0.25) is 11.8 Å². The summed E-state index contributed by atoms with van der Waals surface area (Å²) in [4.78, 5) is 34.4. The molecular weight excluding hydrogens is 274 g/mol. The third-order valence-corrected chi connectivity index (χ3v) is 3.36. The van der Waals surface area contributed by atoms with Crippen LogP contribution in [0.2, 0.25) is 0 Å². The molecule has 0 unspecified atom stereocenters. The first kappa shape index (κ1) is 14.8. The molecule has 0 saturated carbocycles. The van der Waals surface area contributed by atoms with E-state index in [2.05, 4.69) is 16.0 Å². The lowest BCUT2D eigenvalue weighted by atomic mass is 10.0. The van der Waals surface area contributed by atoms with E-state index in [0.717, 1.165) is 11.1 Å². The maximum absolute atomic E-state index is 12.0. The lowest BCUT2D eigenvalue weighted by molar-refractivity contribution is -0.129. The summed E-state index contributed by atoms with van der Waals surface area (Å²) >= 11 is 0. The minimum Gasteiger partial charge on any atom is -0.465 e. The first-order valence-corrected chi connectivity index (χ1v) is 6.61. The Kier molecular flexibility index (Phi) is 4.42. The highest BCUT2D eigenvalue weighted by atomic mass is 16.4. The van der Waals surface area contributed by atoms with Crippen LogP contribution in [-0.4, -0.2) is 35.1 Å². The molecule has 7 heteroatoms. The highest BCUT2D eigenvalue weighted by Crippen LogP contribution is 2.14. The Hall–Kier alpha value is -2.57. The highest BCUT2D eigenvalue weighted by molar-refractivity contribution is 5.91. The van der Waals surface area contributed by atoms with Gasteiger partial charge in [-0.15, -0.1) is 0 Å². The Morgan fingerprint density at radius 3 is 2.67 bits per heavy atom. The van der Waals surface area contributed by atoms with Gasteiger partial charge in [-0.2, -0.15) is 0 Å². The van der Waals surface area contributed by atoms with E-state index < -0.39 is 24.1 Å². The van der Waals surface area contributed by atoms with Gasteiger partial charge >= 0.3 is 6.09 Å². The molecule has 1 aromatic rings. The predicted octanol–water partition coefficient (Wildman–Crippen LogP) is -0.000200. The largest absolute Gasteiger partial charge is 0.465 e. The zero-order valence-electron chi connectivity index (χ0n) is 11.6. The molecule has 1 aromatic carbocycles. The van der Waals surface area contributed by atoms with E-state index >= 15 is 0 Å². The lowest BCUT2D eigenvalue weighted by Gasteiger charge is -2.18. The van der Waals surface area contributed by atoms with Crippen molar-refractivity contribution < 1.29 is 19.5 Å². The van der Waals surface area contributed by atoms with Crippen LogP contribution in [0, 0.1) is 0 Å². The third kappa shape index (κ3) is 3.71. The molecule has 3 amide bonds. The predicted molar refractivity (Wildman–Crippen MR) is 74.5 cm³/mol. The van der Waals surface area contributed by atoms with Crippen LogP contribution >= 0.6 is 0 Å². The minimum absolute atomic E-state index is 0.276. The Bertz CT molecular complexity index is 573. The second kappa shape index (κ2) is 6.25. The second-order valence-electron chi connectivity index (χ2n) is 4.92. The molecule has 4 N–H and O–H groups in total. The minimum atomic E-state index is -1.28. The molecule has 0 fully saturated rings. The Labute approximate surface area is 121 Å². The first-order valence-electron chi connectivity index (χ1n) is 6.61. The fourth-order valence-corrected chi connectivity index (χ4v) is 2.21. The molecule has 0 spiro atoms. The van der Waals surface area contributed by atoms with Crippen molar-refractivity contribution >= 4 is 17.9 Å². The highest BCUT2D eigenvalue weighted by Gasteiger charge is 2.27. The Balaban J connectivity index is 2.07. The van der Waals surface area contributed by atoms with Crippen molar-refractivity contribution in [3.05, 3.63) is 35.4 Å². The molecule has 0 aliphatic carbocycles. The zero-order chi connectivity index (χ0) is 15.4. The fourth-order valence-electron chi connectivity index (χ4n) is 2.21. The average molecular weight is 291 g/mol. The van der Waals surface area contributed by atoms with Crippen LogP contribution in [0.3, 0.4) is 0 Å². The molecule has 1 heterocycles. The second-order valence-corrected chi connectivity index (χ2v) is 4.92. The van der Waals surface area contributed by atoms with E-state index in [9.17, 15) is 14.4 Å². The standard InChI is InChI=1S/C14H17N3O4/c1-8(16-14(20)21)12(18)17-11-6-9-4-2-3-5-10(9)7-15-13(11)19/h2-5,8,11,16H,6-7H2,1H3,(H,15,19)(H,17,18)(H,20,21)/t8-,11-/m0/s1. The number of fused-ring (bicyclic) bond motifs is 1. The van der Waals surface area contributed by atoms with Gasteiger partial charge in [0.25, 0.3) is 0 Å². The van der Waals surface area contributed by atoms with Crippen LogP contribution in [0.4, 0.5) is 4.79 Å². The summed E-state index contributed by atoms with van der Waals surface area (Å²) in [7, 11) is 0. The molecule has 0 bridgehead atoms. The molecule has 2 rings (SSSR count). The van der Waals surface area contributed by atoms with Crippen LogP contribution in [0.15, 0.2) is 24.3 Å². The average Bonchev–Trinajstić information content (AvgIpc) is 2.58. The number of hydrogen-bond donors (Lipinski definition) is 4. The van der Waals surface area contributed by atoms with Crippen molar-refractivity contribution in [1.29, 1.82) is 0 Å². The van der Waals surface area contributed by atoms with Gasteiger partial charge in [-0.3, -0.25) is 9.59 Å². The van der Waals surface area contributed by atoms with Crippen molar-refractivity contribution in [2.24, 2.45) is 0 Å². The molecule has 1 aliphatic heterocycles. The topological polar surface area (TPSA) is 108 Å². The molecule has 21 heavy (non-hydrogen) atoms. The molecule has 1 aliphatic rings. The SMILES string of the molecule is C[C@H](NC(=O)O)C(=O)N[C@H]1Cc2ccccc2CNC1=O. The van der Waals surface area contributed by atoms with Gasteiger partial charge in [0.05, 0.1) is 0 Å². The molecule has 0 radical (unpaired) electrons. The van der Waals surface area contributed by atoms with Crippen molar-refractivity contribution in [1.82, 2.24) is 16.0 Å². The van der Waals surface area contributed by atoms with Crippen molar-refractivity contribution in [3.63, 3.8) is 0 Å². The van der Waals surface area contributed by atoms with Gasteiger partial charge in [0, 0.05) is 13.0 Å². The van der Waals surface area contributed by atoms with Gasteiger partial charge in [-0.05, 0) is 18.1 Å². The van der Waals surface area contributed by atoms with Crippen LogP contribution in [-0.2, 0) is 22.6 Å². The van der Waals surface area contributed by atoms with E-state index in [1.54, 1.807) is 0 Å². The van der Waals surface area contributed by atoms with Crippen molar-refractivity contribution in [3.8, 4) is 0 Å². The lowest BCUT2D eigenvalue weighted by Crippen LogP contribution is -2.52. The molecule has 0 aromatic heterocycles. The molecule has 112 valence electrons. The summed E-state index contributed by atoms with van der Waals surface area (Å²) in [5, 5.41) is 16.0. The maximum Gasteiger partial charge on any atom is 0.405 e. The van der Waals surface area contributed by atoms with Crippen molar-refractivity contribution in [2.45, 2.75) is 32.0 Å². The summed E-state index contributed by atoms with van der Waals surface area (Å²) in [6.07, 6.45) is -0.901. The number of benzene rings is 1. The maximum atomic E-state index is 12.0. The van der Waals surface area contributed by atoms with Crippen LogP contribution in [0.1, 0.15) is 18.1 Å². The quantitative estimate of drug-likeness (QED) is 0.628. The van der Waals surface area contributed by atoms with E-state index in [1.807, 2.05) is 24.3 Å². The summed E-state index contributed by atoms with van der Waals surface area (Å²) in [6.45, 7) is 1.84. The summed E-state index contributed by atoms with van der Waals surface area (Å²) in [5.41, 5.74) is 2.00. The number of carboxylic acid groups (broad SMARTS) is 1. The Morgan fingerprint density at radius 2 is 2.00 bits per heavy atom. The normalized spacial score (nSPS) is 18.7. The number of amides is 3. The monoisotopic (exact) mass is 291 g/mol. The zero-order valence-corrected chi connectivity index (χ0v) is 11.6. The smallest absolute Gasteiger partial charge is 0.405 e. The van der Waals surface area contributed by atoms with Gasteiger partial charge in [-0.25, -0.2) is 4.79 Å². The van der Waals surface area contributed by atoms with E-state index in [-0.39, 0.29) is 5.91 Å². The van der Waals surface area contributed by atoms with Gasteiger partial charge in [0.1, 0.15) is 12.1 Å². The van der Waals surface area contributed by atoms with Gasteiger partial charge < -0.3 is 21.1 Å². The van der Waals surface area contributed by atoms with Crippen LogP contribution in [0.25, 0.3) is 0 Å². The van der Waals surface area contributed by atoms with Gasteiger partial charge in [0.15, 0.2) is 0 Å². The van der Waals surface area contributed by atoms with Gasteiger partial charge in [-0.1, -0.05) is 24.3 Å². The fraction of sp³-hybridized carbons (Fsp3) is 0.357. The number of carbonyl (C=O) groups excluding carboxylic acids is 2. The summed E-state index contributed by atoms with van der Waals surface area (Å²) in [5.74, 6) is -0.806. The number of hydrogen-bond acceptors (Lipinski definition) is 3. The summed E-state index contributed by atoms with van der Waals surface area (Å²) in [6, 6.07) is 5.97. The molecule has 2 atom stereocenters. The van der Waals surface area contributed by atoms with E-state index in [4.69, 9.17) is 5.11 Å². The molecule has 0 saturated heterocycles. The van der Waals surface area contributed by atoms with E-state index in [0.29, 0.717) is 13.0 Å². The Morgan fingerprint density at radius 1 is 1.33 bits per heavy atom. The van der Waals surface area contributed by atoms with Crippen LogP contribution < -0.4 is 16.0 Å². The molecule has 7 nitrogen and oxygen atoms in total. The number of rotatable bonds is 3. The van der Waals surface area contributed by atoms with Crippen molar-refractivity contribution in [2.75, 3.05) is 0 Å². The first-order chi connectivity index (χ1) is 9.97. The number of carbonyl (C=O) groups is 3. The molecular formula is C14H17N3O4. The summed E-state index contributed by atoms with van der Waals surface area (Å²) < 4.78 is 0. The number of nitrogens with one attached hydrogen (secondary N) is 3. The van der Waals surface area contributed by atoms with E-state index in [1.165, 1.54) is 6.92 Å². The van der Waals surface area contributed by atoms with Crippen LogP contribution in [0.5, 0.6) is 0 Å².